The van der Waals surface area contributed by atoms with Gasteiger partial charge in [-0.3, -0.25) is 14.6 Å². The van der Waals surface area contributed by atoms with E-state index in [0.29, 0.717) is 25.2 Å². The molecule has 1 unspecified atom stereocenters. The van der Waals surface area contributed by atoms with Gasteiger partial charge in [0.25, 0.3) is 5.91 Å². The number of fused-ring (bicyclic) bond motifs is 2. The second kappa shape index (κ2) is 10.5. The van der Waals surface area contributed by atoms with E-state index in [1.165, 1.54) is 0 Å². The average molecular weight is 488 g/mol. The molecule has 3 heterocycles. The zero-order chi connectivity index (χ0) is 24.5. The van der Waals surface area contributed by atoms with Crippen molar-refractivity contribution in [3.8, 4) is 0 Å². The summed E-state index contributed by atoms with van der Waals surface area (Å²) in [7, 11) is 0. The lowest BCUT2D eigenvalue weighted by Gasteiger charge is -2.45. The lowest BCUT2D eigenvalue weighted by molar-refractivity contribution is -0.102. The molecule has 0 bridgehead atoms. The molecule has 3 saturated heterocycles. The van der Waals surface area contributed by atoms with Crippen LogP contribution >= 0.6 is 0 Å². The van der Waals surface area contributed by atoms with E-state index in [9.17, 15) is 9.90 Å². The summed E-state index contributed by atoms with van der Waals surface area (Å²) >= 11 is 0. The normalized spacial score (nSPS) is 23.8. The van der Waals surface area contributed by atoms with E-state index in [1.54, 1.807) is 0 Å². The summed E-state index contributed by atoms with van der Waals surface area (Å²) in [5, 5.41) is 15.3. The molecule has 0 spiro atoms. The molecule has 2 atom stereocenters. The van der Waals surface area contributed by atoms with Gasteiger partial charge in [-0.1, -0.05) is 48.5 Å². The van der Waals surface area contributed by atoms with Crippen LogP contribution in [0.25, 0.3) is 21.5 Å². The number of piperidine rings is 2. The van der Waals surface area contributed by atoms with Gasteiger partial charge in [0.05, 0.1) is 18.8 Å². The molecule has 3 aliphatic rings. The van der Waals surface area contributed by atoms with Gasteiger partial charge in [0, 0.05) is 44.7 Å². The molecule has 6 rings (SSSR count). The summed E-state index contributed by atoms with van der Waals surface area (Å²) in [6, 6.07) is 19.2. The molecule has 3 aliphatic heterocycles. The molecule has 3 aromatic rings. The van der Waals surface area contributed by atoms with Crippen molar-refractivity contribution < 1.29 is 14.6 Å². The van der Waals surface area contributed by atoms with Gasteiger partial charge in [0.2, 0.25) is 0 Å². The second-order valence-electron chi connectivity index (χ2n) is 10.7. The van der Waals surface area contributed by atoms with E-state index in [-0.39, 0.29) is 12.1 Å². The van der Waals surface area contributed by atoms with E-state index >= 15 is 0 Å². The monoisotopic (exact) mass is 487 g/mol. The van der Waals surface area contributed by atoms with Crippen molar-refractivity contribution in [3.05, 3.63) is 60.2 Å². The van der Waals surface area contributed by atoms with Gasteiger partial charge >= 0.3 is 0 Å². The molecule has 3 aromatic carbocycles. The van der Waals surface area contributed by atoms with Crippen LogP contribution in [0.5, 0.6) is 0 Å². The number of morpholine rings is 1. The number of rotatable bonds is 4. The zero-order valence-corrected chi connectivity index (χ0v) is 21.0. The molecule has 0 aromatic heterocycles. The van der Waals surface area contributed by atoms with E-state index in [4.69, 9.17) is 4.74 Å². The van der Waals surface area contributed by atoms with Crippen LogP contribution in [0.3, 0.4) is 0 Å². The Morgan fingerprint density at radius 1 is 0.861 bits per heavy atom. The van der Waals surface area contributed by atoms with E-state index in [1.807, 2.05) is 24.3 Å². The molecule has 3 fully saturated rings. The number of hydrogen-bond acceptors (Lipinski definition) is 5. The number of likely N-dealkylation sites (tertiary alicyclic amines) is 2. The Hall–Kier alpha value is -2.51. The topological polar surface area (TPSA) is 56.2 Å². The number of nitrogens with zero attached hydrogens (tertiary/aromatic N) is 3. The van der Waals surface area contributed by atoms with Crippen molar-refractivity contribution in [2.24, 2.45) is 5.92 Å². The largest absolute Gasteiger partial charge is 0.379 e. The lowest BCUT2D eigenvalue weighted by Crippen LogP contribution is -2.54. The van der Waals surface area contributed by atoms with Gasteiger partial charge in [-0.05, 0) is 59.8 Å². The first-order chi connectivity index (χ1) is 17.7. The summed E-state index contributed by atoms with van der Waals surface area (Å²) in [4.78, 5) is 20.7. The van der Waals surface area contributed by atoms with Gasteiger partial charge in [-0.15, -0.1) is 0 Å². The van der Waals surface area contributed by atoms with Gasteiger partial charge in [-0.25, -0.2) is 0 Å². The number of carbonyl (C=O) groups is 1. The first-order valence-corrected chi connectivity index (χ1v) is 13.6. The van der Waals surface area contributed by atoms with Crippen molar-refractivity contribution in [3.63, 3.8) is 0 Å². The van der Waals surface area contributed by atoms with Gasteiger partial charge in [-0.2, -0.15) is 0 Å². The maximum Gasteiger partial charge on any atom is 0.255 e. The number of ether oxygens (including phenoxy) is 1. The molecule has 0 radical (unpaired) electrons. The minimum atomic E-state index is -0.377. The van der Waals surface area contributed by atoms with Crippen LogP contribution in [0, 0.1) is 5.92 Å². The van der Waals surface area contributed by atoms with Gasteiger partial charge in [0.1, 0.15) is 6.23 Å². The Bertz CT molecular complexity index is 1160. The van der Waals surface area contributed by atoms with Crippen LogP contribution in [0.15, 0.2) is 54.6 Å². The first kappa shape index (κ1) is 23.9. The molecule has 6 heteroatoms. The van der Waals surface area contributed by atoms with Crippen LogP contribution in [0.2, 0.25) is 0 Å². The number of hydrogen-bond donors (Lipinski definition) is 1. The fourth-order valence-corrected chi connectivity index (χ4v) is 6.59. The third-order valence-corrected chi connectivity index (χ3v) is 8.58. The Labute approximate surface area is 213 Å². The van der Waals surface area contributed by atoms with Crippen molar-refractivity contribution in [1.82, 2.24) is 14.7 Å². The Kier molecular flexibility index (Phi) is 6.94. The minimum absolute atomic E-state index is 0.153. The van der Waals surface area contributed by atoms with Crippen LogP contribution < -0.4 is 0 Å². The SMILES string of the molecule is O=C(c1c2ccccc2cc2ccccc12)N1CCC(N2CCC[C@@H](C(O)N3CCOCC3)C2)CC1. The Morgan fingerprint density at radius 3 is 2.17 bits per heavy atom. The smallest absolute Gasteiger partial charge is 0.255 e. The van der Waals surface area contributed by atoms with E-state index in [0.717, 1.165) is 92.1 Å². The first-order valence-electron chi connectivity index (χ1n) is 13.6. The lowest BCUT2D eigenvalue weighted by atomic mass is 9.91. The Morgan fingerprint density at radius 2 is 1.50 bits per heavy atom. The van der Waals surface area contributed by atoms with Crippen molar-refractivity contribution >= 4 is 27.5 Å². The summed E-state index contributed by atoms with van der Waals surface area (Å²) in [5.74, 6) is 0.444. The molecule has 0 saturated carbocycles. The predicted molar refractivity (Wildman–Crippen MR) is 143 cm³/mol. The molecule has 190 valence electrons. The van der Waals surface area contributed by atoms with Crippen LogP contribution in [-0.4, -0.2) is 90.5 Å². The molecule has 0 aliphatic carbocycles. The highest BCUT2D eigenvalue weighted by Gasteiger charge is 2.35. The van der Waals surface area contributed by atoms with Crippen LogP contribution in [0.1, 0.15) is 36.0 Å². The molecular weight excluding hydrogens is 450 g/mol. The van der Waals surface area contributed by atoms with Gasteiger partial charge in [0.15, 0.2) is 0 Å². The molecular formula is C30H37N3O3. The summed E-state index contributed by atoms with van der Waals surface area (Å²) < 4.78 is 5.47. The van der Waals surface area contributed by atoms with Gasteiger partial charge < -0.3 is 14.7 Å². The number of aliphatic hydroxyl groups is 1. The van der Waals surface area contributed by atoms with Crippen LogP contribution in [0.4, 0.5) is 0 Å². The maximum absolute atomic E-state index is 13.9. The number of aliphatic hydroxyl groups excluding tert-OH is 1. The summed E-state index contributed by atoms with van der Waals surface area (Å²) in [5.41, 5.74) is 0.841. The summed E-state index contributed by atoms with van der Waals surface area (Å²) in [6.07, 6.45) is 3.83. The maximum atomic E-state index is 13.9. The third kappa shape index (κ3) is 4.63. The Balaban J connectivity index is 1.14. The van der Waals surface area contributed by atoms with E-state index in [2.05, 4.69) is 45.0 Å². The number of benzene rings is 3. The molecule has 1 amide bonds. The second-order valence-corrected chi connectivity index (χ2v) is 10.7. The average Bonchev–Trinajstić information content (AvgIpc) is 2.96. The highest BCUT2D eigenvalue weighted by Crippen LogP contribution is 2.32. The third-order valence-electron chi connectivity index (χ3n) is 8.58. The van der Waals surface area contributed by atoms with Crippen LogP contribution in [-0.2, 0) is 4.74 Å². The standard InChI is InChI=1S/C30H37N3O3/c34-29(32-16-18-36-19-17-32)24-8-5-13-33(21-24)25-11-14-31(15-12-25)30(35)28-26-9-3-1-6-22(26)20-23-7-2-4-10-27(23)28/h1-4,6-7,9-10,20,24-25,29,34H,5,8,11-19,21H2/t24-,29?/m1/s1. The predicted octanol–water partition coefficient (Wildman–Crippen LogP) is 3.96. The molecule has 36 heavy (non-hydrogen) atoms. The fourth-order valence-electron chi connectivity index (χ4n) is 6.59. The molecule has 6 nitrogen and oxygen atoms in total. The van der Waals surface area contributed by atoms with Crippen molar-refractivity contribution in [2.75, 3.05) is 52.5 Å². The minimum Gasteiger partial charge on any atom is -0.379 e. The summed E-state index contributed by atoms with van der Waals surface area (Å²) in [6.45, 7) is 6.69. The number of carbonyl (C=O) groups excluding carboxylic acids is 1. The van der Waals surface area contributed by atoms with Crippen molar-refractivity contribution in [1.29, 1.82) is 0 Å². The highest BCUT2D eigenvalue weighted by molar-refractivity contribution is 6.18. The zero-order valence-electron chi connectivity index (χ0n) is 21.0. The highest BCUT2D eigenvalue weighted by atomic mass is 16.5. The van der Waals surface area contributed by atoms with E-state index < -0.39 is 0 Å². The quantitative estimate of drug-likeness (QED) is 0.565. The number of amides is 1. The van der Waals surface area contributed by atoms with Crippen molar-refractivity contribution in [2.45, 2.75) is 38.0 Å². The fraction of sp³-hybridized carbons (Fsp3) is 0.500. The molecule has 1 N–H and O–H groups in total.